The van der Waals surface area contributed by atoms with E-state index >= 15 is 0 Å². The Labute approximate surface area is 102 Å². The van der Waals surface area contributed by atoms with Gasteiger partial charge >= 0.3 is 0 Å². The predicted octanol–water partition coefficient (Wildman–Crippen LogP) is 1.78. The normalized spacial score (nSPS) is 19.6. The molecule has 0 aliphatic carbocycles. The Hall–Kier alpha value is -1.60. The molecule has 2 rings (SSSR count). The summed E-state index contributed by atoms with van der Waals surface area (Å²) in [5, 5.41) is 12.4. The Morgan fingerprint density at radius 3 is 3.12 bits per heavy atom. The summed E-state index contributed by atoms with van der Waals surface area (Å²) in [5.74, 6) is 0.458. The number of nitriles is 1. The van der Waals surface area contributed by atoms with Gasteiger partial charge in [-0.2, -0.15) is 5.26 Å². The van der Waals surface area contributed by atoms with E-state index in [9.17, 15) is 0 Å². The van der Waals surface area contributed by atoms with E-state index in [2.05, 4.69) is 16.4 Å². The second kappa shape index (κ2) is 5.65. The van der Waals surface area contributed by atoms with Crippen LogP contribution in [0.5, 0.6) is 5.88 Å². The van der Waals surface area contributed by atoms with E-state index in [0.717, 1.165) is 18.7 Å². The number of aromatic nitrogens is 1. The van der Waals surface area contributed by atoms with Crippen LogP contribution < -0.4 is 10.1 Å². The first kappa shape index (κ1) is 11.9. The summed E-state index contributed by atoms with van der Waals surface area (Å²) in [4.78, 5) is 4.26. The fourth-order valence-electron chi connectivity index (χ4n) is 1.97. The van der Waals surface area contributed by atoms with E-state index in [1.54, 1.807) is 6.07 Å². The van der Waals surface area contributed by atoms with Crippen molar-refractivity contribution in [2.24, 2.45) is 0 Å². The molecular formula is C13H17N3O. The van der Waals surface area contributed by atoms with Crippen molar-refractivity contribution in [2.75, 3.05) is 13.2 Å². The molecule has 90 valence electrons. The van der Waals surface area contributed by atoms with Gasteiger partial charge in [-0.1, -0.05) is 6.42 Å². The highest BCUT2D eigenvalue weighted by atomic mass is 16.5. The molecule has 1 atom stereocenters. The molecule has 1 aromatic rings. The van der Waals surface area contributed by atoms with Crippen LogP contribution in [-0.4, -0.2) is 24.2 Å². The number of piperidine rings is 1. The van der Waals surface area contributed by atoms with Crippen LogP contribution in [0.2, 0.25) is 0 Å². The molecule has 0 bridgehead atoms. The fraction of sp³-hybridized carbons (Fsp3) is 0.538. The van der Waals surface area contributed by atoms with Crippen molar-refractivity contribution >= 4 is 0 Å². The quantitative estimate of drug-likeness (QED) is 0.861. The van der Waals surface area contributed by atoms with Crippen molar-refractivity contribution in [1.29, 1.82) is 5.26 Å². The fourth-order valence-corrected chi connectivity index (χ4v) is 1.97. The number of aryl methyl sites for hydroxylation is 1. The number of ether oxygens (including phenoxy) is 1. The maximum Gasteiger partial charge on any atom is 0.231 e. The second-order valence-electron chi connectivity index (χ2n) is 4.37. The number of rotatable bonds is 3. The SMILES string of the molecule is Cc1ccc(C#N)c(OCC2CCCCN2)n1. The molecule has 1 fully saturated rings. The van der Waals surface area contributed by atoms with Crippen LogP contribution in [0, 0.1) is 18.3 Å². The minimum atomic E-state index is 0.387. The summed E-state index contributed by atoms with van der Waals surface area (Å²) in [6.07, 6.45) is 3.61. The molecule has 1 unspecified atom stereocenters. The molecule has 17 heavy (non-hydrogen) atoms. The van der Waals surface area contributed by atoms with Crippen molar-refractivity contribution in [2.45, 2.75) is 32.2 Å². The molecule has 4 nitrogen and oxygen atoms in total. The van der Waals surface area contributed by atoms with E-state index in [0.29, 0.717) is 24.1 Å². The zero-order chi connectivity index (χ0) is 12.1. The lowest BCUT2D eigenvalue weighted by Gasteiger charge is -2.23. The van der Waals surface area contributed by atoms with Gasteiger partial charge in [0.2, 0.25) is 5.88 Å². The number of hydrogen-bond acceptors (Lipinski definition) is 4. The minimum Gasteiger partial charge on any atom is -0.475 e. The first-order chi connectivity index (χ1) is 8.29. The molecule has 0 spiro atoms. The molecule has 0 amide bonds. The molecule has 1 aliphatic heterocycles. The maximum atomic E-state index is 8.96. The van der Waals surface area contributed by atoms with E-state index < -0.39 is 0 Å². The van der Waals surface area contributed by atoms with Crippen LogP contribution in [0.1, 0.15) is 30.5 Å². The van der Waals surface area contributed by atoms with E-state index in [1.165, 1.54) is 12.8 Å². The molecule has 4 heteroatoms. The van der Waals surface area contributed by atoms with Gasteiger partial charge in [0.25, 0.3) is 0 Å². The Bertz CT molecular complexity index is 419. The van der Waals surface area contributed by atoms with Crippen LogP contribution in [0.4, 0.5) is 0 Å². The van der Waals surface area contributed by atoms with E-state index in [-0.39, 0.29) is 0 Å². The van der Waals surface area contributed by atoms with Gasteiger partial charge in [-0.05, 0) is 38.4 Å². The summed E-state index contributed by atoms with van der Waals surface area (Å²) < 4.78 is 5.65. The van der Waals surface area contributed by atoms with Crippen LogP contribution in [-0.2, 0) is 0 Å². The summed E-state index contributed by atoms with van der Waals surface area (Å²) in [6, 6.07) is 6.07. The van der Waals surface area contributed by atoms with Gasteiger partial charge in [-0.25, -0.2) is 4.98 Å². The second-order valence-corrected chi connectivity index (χ2v) is 4.37. The third kappa shape index (κ3) is 3.18. The highest BCUT2D eigenvalue weighted by Gasteiger charge is 2.14. The van der Waals surface area contributed by atoms with Crippen molar-refractivity contribution in [3.05, 3.63) is 23.4 Å². The molecule has 1 aromatic heterocycles. The molecule has 0 aromatic carbocycles. The molecule has 2 heterocycles. The lowest BCUT2D eigenvalue weighted by atomic mass is 10.1. The average molecular weight is 231 g/mol. The van der Waals surface area contributed by atoms with Gasteiger partial charge in [0.15, 0.2) is 0 Å². The predicted molar refractivity (Wildman–Crippen MR) is 64.8 cm³/mol. The Morgan fingerprint density at radius 1 is 1.53 bits per heavy atom. The average Bonchev–Trinajstić information content (AvgIpc) is 2.38. The van der Waals surface area contributed by atoms with Gasteiger partial charge < -0.3 is 10.1 Å². The third-order valence-electron chi connectivity index (χ3n) is 2.95. The number of nitrogens with one attached hydrogen (secondary N) is 1. The van der Waals surface area contributed by atoms with Crippen LogP contribution in [0.25, 0.3) is 0 Å². The van der Waals surface area contributed by atoms with Crippen molar-refractivity contribution in [1.82, 2.24) is 10.3 Å². The number of pyridine rings is 1. The zero-order valence-electron chi connectivity index (χ0n) is 10.1. The molecule has 1 N–H and O–H groups in total. The van der Waals surface area contributed by atoms with Gasteiger partial charge in [-0.15, -0.1) is 0 Å². The Morgan fingerprint density at radius 2 is 2.41 bits per heavy atom. The highest BCUT2D eigenvalue weighted by molar-refractivity contribution is 5.38. The van der Waals surface area contributed by atoms with Gasteiger partial charge in [0, 0.05) is 11.7 Å². The molecule has 1 saturated heterocycles. The van der Waals surface area contributed by atoms with E-state index in [1.807, 2.05) is 13.0 Å². The highest BCUT2D eigenvalue weighted by Crippen LogP contribution is 2.16. The lowest BCUT2D eigenvalue weighted by molar-refractivity contribution is 0.231. The third-order valence-corrected chi connectivity index (χ3v) is 2.95. The lowest BCUT2D eigenvalue weighted by Crippen LogP contribution is -2.38. The summed E-state index contributed by atoms with van der Waals surface area (Å²) in [6.45, 7) is 3.54. The zero-order valence-corrected chi connectivity index (χ0v) is 10.1. The molecular weight excluding hydrogens is 214 g/mol. The molecule has 0 saturated carbocycles. The first-order valence-corrected chi connectivity index (χ1v) is 6.03. The van der Waals surface area contributed by atoms with Gasteiger partial charge in [-0.3, -0.25) is 0 Å². The number of hydrogen-bond donors (Lipinski definition) is 1. The first-order valence-electron chi connectivity index (χ1n) is 6.03. The van der Waals surface area contributed by atoms with Gasteiger partial charge in [0.1, 0.15) is 18.2 Å². The van der Waals surface area contributed by atoms with Crippen LogP contribution in [0.15, 0.2) is 12.1 Å². The van der Waals surface area contributed by atoms with Crippen LogP contribution >= 0.6 is 0 Å². The topological polar surface area (TPSA) is 57.9 Å². The van der Waals surface area contributed by atoms with Crippen LogP contribution in [0.3, 0.4) is 0 Å². The smallest absolute Gasteiger partial charge is 0.231 e. The monoisotopic (exact) mass is 231 g/mol. The molecule has 0 radical (unpaired) electrons. The summed E-state index contributed by atoms with van der Waals surface area (Å²) in [7, 11) is 0. The van der Waals surface area contributed by atoms with Gasteiger partial charge in [0.05, 0.1) is 0 Å². The van der Waals surface area contributed by atoms with E-state index in [4.69, 9.17) is 10.00 Å². The standard InChI is InChI=1S/C13H17N3O/c1-10-5-6-11(8-14)13(16-10)17-9-12-4-2-3-7-15-12/h5-6,12,15H,2-4,7,9H2,1H3. The minimum absolute atomic E-state index is 0.387. The van der Waals surface area contributed by atoms with Crippen molar-refractivity contribution in [3.63, 3.8) is 0 Å². The summed E-state index contributed by atoms with van der Waals surface area (Å²) in [5.41, 5.74) is 1.38. The van der Waals surface area contributed by atoms with Crippen molar-refractivity contribution < 1.29 is 4.74 Å². The maximum absolute atomic E-state index is 8.96. The largest absolute Gasteiger partial charge is 0.475 e. The Balaban J connectivity index is 1.98. The number of nitrogens with zero attached hydrogens (tertiary/aromatic N) is 2. The molecule has 1 aliphatic rings. The summed E-state index contributed by atoms with van der Waals surface area (Å²) >= 11 is 0. The Kier molecular flexibility index (Phi) is 3.94. The van der Waals surface area contributed by atoms with Crippen molar-refractivity contribution in [3.8, 4) is 11.9 Å².